The smallest absolute Gasteiger partial charge is 0.0300 e. The number of hydrogen-bond acceptors (Lipinski definition) is 2. The summed E-state index contributed by atoms with van der Waals surface area (Å²) in [4.78, 5) is 4.10. The Morgan fingerprint density at radius 2 is 2.17 bits per heavy atom. The van der Waals surface area contributed by atoms with Crippen molar-refractivity contribution in [2.75, 3.05) is 0 Å². The Morgan fingerprint density at radius 3 is 2.94 bits per heavy atom. The standard InChI is InChI=1S/C15H21N3/c1-3-7-18-8-5-14(12-18)10-17-11-15-4-6-16-9-13(15)2/h4-6,8-9,12,17H,3,7,10-11H2,1-2H3. The Bertz CT molecular complexity index is 488. The average Bonchev–Trinajstić information content (AvgIpc) is 2.80. The van der Waals surface area contributed by atoms with E-state index < -0.39 is 0 Å². The Hall–Kier alpha value is -1.61. The second kappa shape index (κ2) is 6.36. The molecule has 0 saturated carbocycles. The molecule has 0 radical (unpaired) electrons. The number of aromatic nitrogens is 2. The lowest BCUT2D eigenvalue weighted by molar-refractivity contribution is 0.667. The zero-order valence-corrected chi connectivity index (χ0v) is 11.2. The van der Waals surface area contributed by atoms with Gasteiger partial charge in [0, 0.05) is 44.4 Å². The van der Waals surface area contributed by atoms with E-state index in [1.807, 2.05) is 12.4 Å². The van der Waals surface area contributed by atoms with E-state index in [4.69, 9.17) is 0 Å². The van der Waals surface area contributed by atoms with Crippen molar-refractivity contribution < 1.29 is 0 Å². The highest BCUT2D eigenvalue weighted by Crippen LogP contribution is 2.06. The molecule has 0 aliphatic carbocycles. The minimum absolute atomic E-state index is 0.896. The van der Waals surface area contributed by atoms with Crippen molar-refractivity contribution in [2.24, 2.45) is 0 Å². The van der Waals surface area contributed by atoms with E-state index in [1.54, 1.807) is 0 Å². The highest BCUT2D eigenvalue weighted by molar-refractivity contribution is 5.21. The first-order valence-corrected chi connectivity index (χ1v) is 6.54. The van der Waals surface area contributed by atoms with E-state index in [9.17, 15) is 0 Å². The van der Waals surface area contributed by atoms with E-state index in [1.165, 1.54) is 23.1 Å². The number of nitrogens with one attached hydrogen (secondary N) is 1. The van der Waals surface area contributed by atoms with E-state index in [0.29, 0.717) is 0 Å². The van der Waals surface area contributed by atoms with Gasteiger partial charge in [-0.15, -0.1) is 0 Å². The molecule has 96 valence electrons. The van der Waals surface area contributed by atoms with Crippen molar-refractivity contribution in [3.8, 4) is 0 Å². The third-order valence-electron chi connectivity index (χ3n) is 3.07. The first kappa shape index (κ1) is 12.8. The first-order chi connectivity index (χ1) is 8.79. The van der Waals surface area contributed by atoms with Crippen molar-refractivity contribution in [3.63, 3.8) is 0 Å². The van der Waals surface area contributed by atoms with Crippen molar-refractivity contribution in [2.45, 2.75) is 39.9 Å². The predicted molar refractivity (Wildman–Crippen MR) is 74.2 cm³/mol. The number of rotatable bonds is 6. The molecule has 2 heterocycles. The molecule has 0 saturated heterocycles. The summed E-state index contributed by atoms with van der Waals surface area (Å²) in [6.07, 6.45) is 9.31. The molecule has 0 aromatic carbocycles. The van der Waals surface area contributed by atoms with Gasteiger partial charge in [-0.05, 0) is 42.2 Å². The molecule has 0 fully saturated rings. The molecule has 0 amide bonds. The van der Waals surface area contributed by atoms with E-state index in [2.05, 4.69) is 53.2 Å². The predicted octanol–water partition coefficient (Wildman–Crippen LogP) is 2.89. The maximum Gasteiger partial charge on any atom is 0.0300 e. The monoisotopic (exact) mass is 243 g/mol. The molecular formula is C15H21N3. The lowest BCUT2D eigenvalue weighted by Crippen LogP contribution is -2.13. The van der Waals surface area contributed by atoms with Crippen LogP contribution in [0, 0.1) is 6.92 Å². The molecule has 2 rings (SSSR count). The van der Waals surface area contributed by atoms with E-state index >= 15 is 0 Å². The van der Waals surface area contributed by atoms with Crippen LogP contribution in [0.3, 0.4) is 0 Å². The summed E-state index contributed by atoms with van der Waals surface area (Å²) >= 11 is 0. The molecule has 1 N–H and O–H groups in total. The van der Waals surface area contributed by atoms with Gasteiger partial charge >= 0.3 is 0 Å². The van der Waals surface area contributed by atoms with Gasteiger partial charge in [0.1, 0.15) is 0 Å². The van der Waals surface area contributed by atoms with Crippen LogP contribution in [0.4, 0.5) is 0 Å². The fourth-order valence-electron chi connectivity index (χ4n) is 2.03. The summed E-state index contributed by atoms with van der Waals surface area (Å²) in [7, 11) is 0. The zero-order chi connectivity index (χ0) is 12.8. The fraction of sp³-hybridized carbons (Fsp3) is 0.400. The van der Waals surface area contributed by atoms with E-state index in [0.717, 1.165) is 19.6 Å². The van der Waals surface area contributed by atoms with Gasteiger partial charge in [0.05, 0.1) is 0 Å². The fourth-order valence-corrected chi connectivity index (χ4v) is 2.03. The molecule has 0 spiro atoms. The normalized spacial score (nSPS) is 10.8. The lowest BCUT2D eigenvalue weighted by atomic mass is 10.1. The van der Waals surface area contributed by atoms with Crippen LogP contribution in [-0.2, 0) is 19.6 Å². The largest absolute Gasteiger partial charge is 0.354 e. The van der Waals surface area contributed by atoms with Crippen LogP contribution in [0.5, 0.6) is 0 Å². The minimum atomic E-state index is 0.896. The maximum atomic E-state index is 4.10. The van der Waals surface area contributed by atoms with Crippen LogP contribution in [0.2, 0.25) is 0 Å². The molecule has 2 aromatic heterocycles. The molecule has 3 heteroatoms. The van der Waals surface area contributed by atoms with Crippen LogP contribution in [-0.4, -0.2) is 9.55 Å². The molecule has 3 nitrogen and oxygen atoms in total. The Balaban J connectivity index is 1.83. The number of nitrogens with zero attached hydrogens (tertiary/aromatic N) is 2. The van der Waals surface area contributed by atoms with Crippen molar-refractivity contribution in [1.82, 2.24) is 14.9 Å². The Labute approximate surface area is 109 Å². The number of pyridine rings is 1. The van der Waals surface area contributed by atoms with Gasteiger partial charge < -0.3 is 9.88 Å². The molecule has 0 atom stereocenters. The Kier molecular flexibility index (Phi) is 4.53. The van der Waals surface area contributed by atoms with Crippen LogP contribution in [0.15, 0.2) is 36.9 Å². The van der Waals surface area contributed by atoms with Gasteiger partial charge in [0.2, 0.25) is 0 Å². The SMILES string of the molecule is CCCn1ccc(CNCc2ccncc2C)c1. The second-order valence-corrected chi connectivity index (χ2v) is 4.66. The zero-order valence-electron chi connectivity index (χ0n) is 11.2. The van der Waals surface area contributed by atoms with Gasteiger partial charge in [0.15, 0.2) is 0 Å². The summed E-state index contributed by atoms with van der Waals surface area (Å²) in [6, 6.07) is 4.26. The van der Waals surface area contributed by atoms with Gasteiger partial charge in [-0.25, -0.2) is 0 Å². The molecule has 18 heavy (non-hydrogen) atoms. The molecular weight excluding hydrogens is 222 g/mol. The molecule has 0 bridgehead atoms. The topological polar surface area (TPSA) is 29.9 Å². The maximum absolute atomic E-state index is 4.10. The third kappa shape index (κ3) is 3.44. The lowest BCUT2D eigenvalue weighted by Gasteiger charge is -2.06. The minimum Gasteiger partial charge on any atom is -0.354 e. The molecule has 0 unspecified atom stereocenters. The van der Waals surface area contributed by atoms with Gasteiger partial charge in [-0.2, -0.15) is 0 Å². The van der Waals surface area contributed by atoms with Crippen LogP contribution >= 0.6 is 0 Å². The summed E-state index contributed by atoms with van der Waals surface area (Å²) < 4.78 is 2.24. The third-order valence-corrected chi connectivity index (χ3v) is 3.07. The van der Waals surface area contributed by atoms with Crippen molar-refractivity contribution >= 4 is 0 Å². The van der Waals surface area contributed by atoms with Gasteiger partial charge in [-0.1, -0.05) is 6.92 Å². The highest BCUT2D eigenvalue weighted by atomic mass is 14.9. The summed E-state index contributed by atoms with van der Waals surface area (Å²) in [5, 5.41) is 3.47. The summed E-state index contributed by atoms with van der Waals surface area (Å²) in [6.45, 7) is 7.21. The van der Waals surface area contributed by atoms with Crippen molar-refractivity contribution in [1.29, 1.82) is 0 Å². The van der Waals surface area contributed by atoms with Crippen LogP contribution in [0.25, 0.3) is 0 Å². The Morgan fingerprint density at radius 1 is 1.28 bits per heavy atom. The molecule has 0 aliphatic heterocycles. The second-order valence-electron chi connectivity index (χ2n) is 4.66. The summed E-state index contributed by atoms with van der Waals surface area (Å²) in [5.41, 5.74) is 3.90. The first-order valence-electron chi connectivity index (χ1n) is 6.54. The van der Waals surface area contributed by atoms with Crippen LogP contribution in [0.1, 0.15) is 30.0 Å². The molecule has 2 aromatic rings. The van der Waals surface area contributed by atoms with Gasteiger partial charge in [0.25, 0.3) is 0 Å². The van der Waals surface area contributed by atoms with Crippen LogP contribution < -0.4 is 5.32 Å². The quantitative estimate of drug-likeness (QED) is 0.845. The molecule has 0 aliphatic rings. The van der Waals surface area contributed by atoms with Gasteiger partial charge in [-0.3, -0.25) is 4.98 Å². The average molecular weight is 243 g/mol. The summed E-state index contributed by atoms with van der Waals surface area (Å²) in [5.74, 6) is 0. The number of hydrogen-bond donors (Lipinski definition) is 1. The van der Waals surface area contributed by atoms with E-state index in [-0.39, 0.29) is 0 Å². The number of aryl methyl sites for hydroxylation is 2. The van der Waals surface area contributed by atoms with Crippen molar-refractivity contribution in [3.05, 3.63) is 53.6 Å². The highest BCUT2D eigenvalue weighted by Gasteiger charge is 1.99.